The molecule has 47 heavy (non-hydrogen) atoms. The maximum atomic E-state index is 13.6. The SMILES string of the molecule is COc1cc(C2c3cc4c(cc3[C@@H](OC3OC5CO[C@@H](c6cccs6)OC5C(O)C3O)[C@H]3COC(=O)C23)OCO4)cc(OC)c1OC. The number of carbonyl (C=O) groups excluding carboxylic acids is 1. The van der Waals surface area contributed by atoms with Crippen LogP contribution >= 0.6 is 11.3 Å². The molecule has 5 aliphatic rings. The van der Waals surface area contributed by atoms with E-state index in [1.807, 2.05) is 41.8 Å². The molecule has 3 fully saturated rings. The van der Waals surface area contributed by atoms with E-state index in [-0.39, 0.29) is 20.0 Å². The van der Waals surface area contributed by atoms with E-state index < -0.39 is 66.8 Å². The van der Waals surface area contributed by atoms with Crippen molar-refractivity contribution in [3.05, 3.63) is 63.3 Å². The van der Waals surface area contributed by atoms with Crippen LogP contribution in [-0.4, -0.2) is 88.2 Å². The highest BCUT2D eigenvalue weighted by Crippen LogP contribution is 2.57. The Kier molecular flexibility index (Phi) is 7.91. The van der Waals surface area contributed by atoms with E-state index in [1.165, 1.54) is 32.7 Å². The number of hydrogen-bond donors (Lipinski definition) is 2. The van der Waals surface area contributed by atoms with Crippen LogP contribution in [-0.2, 0) is 28.5 Å². The summed E-state index contributed by atoms with van der Waals surface area (Å²) >= 11 is 1.47. The summed E-state index contributed by atoms with van der Waals surface area (Å²) in [5.74, 6) is 0.229. The van der Waals surface area contributed by atoms with Gasteiger partial charge in [-0.05, 0) is 52.4 Å². The Morgan fingerprint density at radius 2 is 1.62 bits per heavy atom. The summed E-state index contributed by atoms with van der Waals surface area (Å²) in [6.07, 6.45) is -7.07. The van der Waals surface area contributed by atoms with Crippen LogP contribution in [0, 0.1) is 11.8 Å². The van der Waals surface area contributed by atoms with Gasteiger partial charge in [0.1, 0.15) is 24.4 Å². The second-order valence-electron chi connectivity index (χ2n) is 12.0. The number of aliphatic hydroxyl groups excluding tert-OH is 2. The number of benzene rings is 2. The number of aliphatic hydroxyl groups is 2. The van der Waals surface area contributed by atoms with Crippen LogP contribution < -0.4 is 23.7 Å². The Balaban J connectivity index is 1.16. The molecule has 2 N–H and O–H groups in total. The van der Waals surface area contributed by atoms with E-state index in [0.717, 1.165) is 16.0 Å². The number of carbonyl (C=O) groups is 1. The molecule has 0 amide bonds. The monoisotopic (exact) mass is 670 g/mol. The fourth-order valence-corrected chi connectivity index (χ4v) is 8.08. The van der Waals surface area contributed by atoms with Gasteiger partial charge in [0, 0.05) is 11.8 Å². The van der Waals surface area contributed by atoms with Crippen molar-refractivity contribution in [2.24, 2.45) is 11.8 Å². The first-order valence-electron chi connectivity index (χ1n) is 15.3. The number of fused-ring (bicyclic) bond motifs is 4. The maximum Gasteiger partial charge on any atom is 0.310 e. The van der Waals surface area contributed by atoms with Crippen molar-refractivity contribution in [3.8, 4) is 28.7 Å². The summed E-state index contributed by atoms with van der Waals surface area (Å²) < 4.78 is 58.8. The predicted octanol–water partition coefficient (Wildman–Crippen LogP) is 3.06. The average Bonchev–Trinajstić information content (AvgIpc) is 3.87. The van der Waals surface area contributed by atoms with Crippen molar-refractivity contribution in [1.29, 1.82) is 0 Å². The third-order valence-electron chi connectivity index (χ3n) is 9.55. The first-order chi connectivity index (χ1) is 22.9. The highest BCUT2D eigenvalue weighted by molar-refractivity contribution is 7.10. The van der Waals surface area contributed by atoms with Gasteiger partial charge in [-0.1, -0.05) is 6.07 Å². The number of thiophene rings is 1. The second-order valence-corrected chi connectivity index (χ2v) is 12.9. The number of rotatable bonds is 7. The van der Waals surface area contributed by atoms with Crippen LogP contribution in [0.25, 0.3) is 0 Å². The largest absolute Gasteiger partial charge is 0.493 e. The number of esters is 1. The fraction of sp³-hybridized carbons (Fsp3) is 0.485. The van der Waals surface area contributed by atoms with Gasteiger partial charge in [-0.3, -0.25) is 4.79 Å². The standard InChI is InChI=1S/C33H34O13S/c1-37-20-7-14(8-21(38-2)29(20)39-3)24-15-9-18-19(43-13-42-18)10-16(15)28(17-11-40-31(36)25(17)24)45-33-27(35)26(34)30-22(44-33)12-41-32(46-30)23-5-4-6-47-23/h4-10,17,22,24-28,30,32-35H,11-13H2,1-3H3/t17-,22?,24?,25?,26?,27?,28+,30?,32+,33?/m0/s1. The smallest absolute Gasteiger partial charge is 0.310 e. The summed E-state index contributed by atoms with van der Waals surface area (Å²) in [5.41, 5.74) is 2.17. The minimum Gasteiger partial charge on any atom is -0.493 e. The average molecular weight is 671 g/mol. The van der Waals surface area contributed by atoms with Gasteiger partial charge in [-0.25, -0.2) is 0 Å². The van der Waals surface area contributed by atoms with E-state index in [2.05, 4.69) is 0 Å². The molecule has 250 valence electrons. The van der Waals surface area contributed by atoms with Crippen molar-refractivity contribution < 1.29 is 62.4 Å². The van der Waals surface area contributed by atoms with E-state index >= 15 is 0 Å². The fourth-order valence-electron chi connectivity index (χ4n) is 7.37. The van der Waals surface area contributed by atoms with Gasteiger partial charge in [0.05, 0.1) is 51.4 Å². The van der Waals surface area contributed by atoms with Gasteiger partial charge in [-0.15, -0.1) is 11.3 Å². The molecule has 13 nitrogen and oxygen atoms in total. The minimum atomic E-state index is -1.46. The summed E-state index contributed by atoms with van der Waals surface area (Å²) in [6, 6.07) is 11.1. The molecule has 0 radical (unpaired) electrons. The van der Waals surface area contributed by atoms with Crippen LogP contribution in [0.4, 0.5) is 0 Å². The molecule has 14 heteroatoms. The molecule has 0 spiro atoms. The van der Waals surface area contributed by atoms with Gasteiger partial charge in [0.2, 0.25) is 12.5 Å². The molecule has 1 aromatic heterocycles. The van der Waals surface area contributed by atoms with Crippen molar-refractivity contribution >= 4 is 17.3 Å². The Morgan fingerprint density at radius 3 is 2.30 bits per heavy atom. The lowest BCUT2D eigenvalue weighted by Gasteiger charge is -2.48. The number of hydrogen-bond acceptors (Lipinski definition) is 14. The van der Waals surface area contributed by atoms with Gasteiger partial charge in [-0.2, -0.15) is 0 Å². The molecule has 2 aromatic carbocycles. The molecule has 7 unspecified atom stereocenters. The molecule has 8 rings (SSSR count). The Labute approximate surface area is 273 Å². The van der Waals surface area contributed by atoms with Crippen LogP contribution in [0.3, 0.4) is 0 Å². The molecule has 3 aromatic rings. The van der Waals surface area contributed by atoms with Gasteiger partial charge in [0.15, 0.2) is 35.6 Å². The van der Waals surface area contributed by atoms with Crippen LogP contribution in [0.5, 0.6) is 28.7 Å². The first-order valence-corrected chi connectivity index (χ1v) is 16.2. The van der Waals surface area contributed by atoms with Crippen molar-refractivity contribution in [1.82, 2.24) is 0 Å². The zero-order chi connectivity index (χ0) is 32.4. The quantitative estimate of drug-likeness (QED) is 0.355. The molecule has 4 aliphatic heterocycles. The molecule has 0 bridgehead atoms. The zero-order valence-electron chi connectivity index (χ0n) is 25.7. The van der Waals surface area contributed by atoms with E-state index in [0.29, 0.717) is 34.3 Å². The molecular weight excluding hydrogens is 636 g/mol. The minimum absolute atomic E-state index is 0.0413. The first kappa shape index (κ1) is 30.7. The molecule has 10 atom stereocenters. The van der Waals surface area contributed by atoms with Crippen molar-refractivity contribution in [3.63, 3.8) is 0 Å². The van der Waals surface area contributed by atoms with Crippen LogP contribution in [0.2, 0.25) is 0 Å². The third-order valence-corrected chi connectivity index (χ3v) is 10.4. The lowest BCUT2D eigenvalue weighted by atomic mass is 9.66. The number of ether oxygens (including phenoxy) is 10. The lowest BCUT2D eigenvalue weighted by molar-refractivity contribution is -0.368. The van der Waals surface area contributed by atoms with E-state index in [4.69, 9.17) is 47.4 Å². The topological polar surface area (TPSA) is 150 Å². The molecule has 5 heterocycles. The van der Waals surface area contributed by atoms with Crippen molar-refractivity contribution in [2.75, 3.05) is 41.3 Å². The van der Waals surface area contributed by atoms with E-state index in [9.17, 15) is 15.0 Å². The van der Waals surface area contributed by atoms with Gasteiger partial charge in [0.25, 0.3) is 0 Å². The van der Waals surface area contributed by atoms with Crippen molar-refractivity contribution in [2.45, 2.75) is 49.0 Å². The predicted molar refractivity (Wildman–Crippen MR) is 161 cm³/mol. The van der Waals surface area contributed by atoms with Crippen LogP contribution in [0.1, 0.15) is 39.9 Å². The maximum absolute atomic E-state index is 13.6. The molecule has 3 saturated heterocycles. The van der Waals surface area contributed by atoms with Gasteiger partial charge < -0.3 is 57.6 Å². The van der Waals surface area contributed by atoms with E-state index in [1.54, 1.807) is 0 Å². The summed E-state index contributed by atoms with van der Waals surface area (Å²) in [6.45, 7) is 0.225. The summed E-state index contributed by atoms with van der Waals surface area (Å²) in [5, 5.41) is 24.5. The Hall–Kier alpha value is -3.63. The number of cyclic esters (lactones) is 1. The highest BCUT2D eigenvalue weighted by atomic mass is 32.1. The lowest BCUT2D eigenvalue weighted by Crippen LogP contribution is -2.62. The summed E-state index contributed by atoms with van der Waals surface area (Å²) in [4.78, 5) is 14.4. The molecule has 1 aliphatic carbocycles. The Bertz CT molecular complexity index is 1620. The van der Waals surface area contributed by atoms with Crippen LogP contribution in [0.15, 0.2) is 41.8 Å². The molecule has 0 saturated carbocycles. The zero-order valence-corrected chi connectivity index (χ0v) is 26.5. The summed E-state index contributed by atoms with van der Waals surface area (Å²) in [7, 11) is 4.59. The molecular formula is C33H34O13S. The normalized spacial score (nSPS) is 33.8. The number of methoxy groups -OCH3 is 3. The second kappa shape index (κ2) is 12.1. The Morgan fingerprint density at radius 1 is 0.872 bits per heavy atom. The highest BCUT2D eigenvalue weighted by Gasteiger charge is 2.56. The van der Waals surface area contributed by atoms with Gasteiger partial charge >= 0.3 is 5.97 Å². The third kappa shape index (κ3) is 5.01.